The third-order valence-corrected chi connectivity index (χ3v) is 7.78. The first-order chi connectivity index (χ1) is 20.1. The Labute approximate surface area is 272 Å². The first-order valence-corrected chi connectivity index (χ1v) is 13.6. The standard InChI is InChI=1S/C28H27N5O8S.Na/c1-32(19(34)13-12-16-8-4-2-5-9-16)28(40)31-20(17-10-6-3-7-11-17)23(35)30-21-24(36)33-22(26(37)38)18(14-41-27(29)39)15-42-25(21)33;/h2-13,20-21,25H,14-15H2,1H3,(H2,29,39)(H,30,35)(H,31,40)(H,37,38);/q;+1/p-1/b13-12+;/t20?,21?,25-;/m1./s1. The summed E-state index contributed by atoms with van der Waals surface area (Å²) in [4.78, 5) is 76.6. The van der Waals surface area contributed by atoms with Crippen molar-refractivity contribution in [3.05, 3.63) is 89.1 Å². The van der Waals surface area contributed by atoms with Crippen LogP contribution in [-0.2, 0) is 23.9 Å². The van der Waals surface area contributed by atoms with E-state index in [4.69, 9.17) is 5.73 Å². The number of hydrogen-bond acceptors (Lipinski definition) is 9. The van der Waals surface area contributed by atoms with Gasteiger partial charge in [-0.05, 0) is 17.2 Å². The quantitative estimate of drug-likeness (QED) is 0.151. The van der Waals surface area contributed by atoms with E-state index in [1.54, 1.807) is 60.7 Å². The number of urea groups is 1. The second-order valence-electron chi connectivity index (χ2n) is 9.18. The van der Waals surface area contributed by atoms with Gasteiger partial charge in [0.1, 0.15) is 24.1 Å². The number of primary amides is 1. The number of fused-ring (bicyclic) bond motifs is 1. The molecule has 0 aromatic heterocycles. The molecule has 15 heteroatoms. The number of hydrogen-bond donors (Lipinski definition) is 3. The van der Waals surface area contributed by atoms with Gasteiger partial charge in [0.25, 0.3) is 11.8 Å². The van der Waals surface area contributed by atoms with E-state index in [9.17, 15) is 33.9 Å². The number of carboxylic acids is 1. The number of rotatable bonds is 9. The second-order valence-corrected chi connectivity index (χ2v) is 10.3. The SMILES string of the molecule is CN(C(=O)/C=C/c1ccccc1)C(=O)NC(C(=O)NC1C(=O)N2C(C(=O)[O-])=C(COC(N)=O)CS[C@H]12)c1ccccc1.[Na+]. The van der Waals surface area contributed by atoms with Crippen molar-refractivity contribution in [2.45, 2.75) is 17.5 Å². The predicted octanol–water partition coefficient (Wildman–Crippen LogP) is -2.89. The van der Waals surface area contributed by atoms with Crippen LogP contribution in [0.4, 0.5) is 9.59 Å². The van der Waals surface area contributed by atoms with Gasteiger partial charge < -0.3 is 31.0 Å². The van der Waals surface area contributed by atoms with Gasteiger partial charge in [-0.15, -0.1) is 11.8 Å². The van der Waals surface area contributed by atoms with Crippen molar-refractivity contribution in [1.82, 2.24) is 20.4 Å². The first kappa shape index (κ1) is 33.4. The zero-order chi connectivity index (χ0) is 30.4. The first-order valence-electron chi connectivity index (χ1n) is 12.6. The summed E-state index contributed by atoms with van der Waals surface area (Å²) >= 11 is 1.14. The number of nitrogens with one attached hydrogen (secondary N) is 2. The molecule has 2 heterocycles. The molecule has 0 radical (unpaired) electrons. The Morgan fingerprint density at radius 2 is 1.74 bits per heavy atom. The van der Waals surface area contributed by atoms with Gasteiger partial charge in [0, 0.05) is 24.4 Å². The van der Waals surface area contributed by atoms with Crippen LogP contribution in [0.15, 0.2) is 78.0 Å². The summed E-state index contributed by atoms with van der Waals surface area (Å²) in [5, 5.41) is 16.1. The third kappa shape index (κ3) is 7.84. The van der Waals surface area contributed by atoms with Gasteiger partial charge in [-0.2, -0.15) is 0 Å². The molecule has 2 aromatic carbocycles. The Bertz CT molecular complexity index is 1470. The molecule has 2 aromatic rings. The summed E-state index contributed by atoms with van der Waals surface area (Å²) in [6, 6.07) is 13.9. The molecule has 3 atom stereocenters. The third-order valence-electron chi connectivity index (χ3n) is 6.44. The molecule has 1 saturated heterocycles. The van der Waals surface area contributed by atoms with E-state index >= 15 is 0 Å². The molecule has 0 saturated carbocycles. The zero-order valence-corrected chi connectivity index (χ0v) is 26.0. The maximum Gasteiger partial charge on any atom is 1.00 e. The summed E-state index contributed by atoms with van der Waals surface area (Å²) < 4.78 is 4.68. The second kappa shape index (κ2) is 14.9. The van der Waals surface area contributed by atoms with Crippen LogP contribution in [0.25, 0.3) is 6.08 Å². The maximum atomic E-state index is 13.4. The van der Waals surface area contributed by atoms with E-state index in [0.717, 1.165) is 27.1 Å². The molecule has 1 fully saturated rings. The number of β-lactam (4-membered cyclic amide) rings is 1. The smallest absolute Gasteiger partial charge is 0.543 e. The monoisotopic (exact) mass is 615 g/mol. The van der Waals surface area contributed by atoms with Gasteiger partial charge in [0.2, 0.25) is 5.91 Å². The summed E-state index contributed by atoms with van der Waals surface area (Å²) in [5.41, 5.74) is 5.76. The van der Waals surface area contributed by atoms with Crippen molar-refractivity contribution < 1.29 is 68.2 Å². The van der Waals surface area contributed by atoms with Crippen molar-refractivity contribution in [3.8, 4) is 0 Å². The topological polar surface area (TPSA) is 191 Å². The van der Waals surface area contributed by atoms with E-state index < -0.39 is 65.6 Å². The fraction of sp³-hybridized carbons (Fsp3) is 0.214. The number of imide groups is 1. The molecule has 4 rings (SSSR count). The van der Waals surface area contributed by atoms with Crippen molar-refractivity contribution in [3.63, 3.8) is 0 Å². The number of amides is 6. The van der Waals surface area contributed by atoms with Gasteiger partial charge in [0.15, 0.2) is 0 Å². The van der Waals surface area contributed by atoms with E-state index in [1.165, 1.54) is 13.1 Å². The van der Waals surface area contributed by atoms with Crippen molar-refractivity contribution in [1.29, 1.82) is 0 Å². The van der Waals surface area contributed by atoms with Crippen molar-refractivity contribution in [2.24, 2.45) is 5.73 Å². The van der Waals surface area contributed by atoms with Crippen molar-refractivity contribution in [2.75, 3.05) is 19.4 Å². The Morgan fingerprint density at radius 1 is 1.12 bits per heavy atom. The summed E-state index contributed by atoms with van der Waals surface area (Å²) in [6.45, 7) is -0.436. The molecule has 4 N–H and O–H groups in total. The largest absolute Gasteiger partial charge is 1.00 e. The number of thioether (sulfide) groups is 1. The number of carbonyl (C=O) groups is 6. The van der Waals surface area contributed by atoms with E-state index in [2.05, 4.69) is 15.4 Å². The van der Waals surface area contributed by atoms with Crippen molar-refractivity contribution >= 4 is 53.7 Å². The molecule has 6 amide bonds. The Balaban J connectivity index is 0.00000506. The Hall–Kier alpha value is -4.11. The minimum absolute atomic E-state index is 0. The van der Waals surface area contributed by atoms with Crippen LogP contribution in [0.2, 0.25) is 0 Å². The average Bonchev–Trinajstić information content (AvgIpc) is 2.99. The summed E-state index contributed by atoms with van der Waals surface area (Å²) in [6.07, 6.45) is 1.66. The van der Waals surface area contributed by atoms with Gasteiger partial charge in [-0.1, -0.05) is 60.7 Å². The maximum absolute atomic E-state index is 13.4. The average molecular weight is 616 g/mol. The number of likely N-dealkylation sites (N-methyl/N-ethyl adjacent to an activating group) is 1. The normalized spacial score (nSPS) is 18.0. The molecule has 0 bridgehead atoms. The molecular formula is C28H26N5NaO8S. The minimum Gasteiger partial charge on any atom is -0.543 e. The van der Waals surface area contributed by atoms with Crippen LogP contribution in [0.1, 0.15) is 17.2 Å². The van der Waals surface area contributed by atoms with Crippen LogP contribution in [0.5, 0.6) is 0 Å². The fourth-order valence-corrected chi connectivity index (χ4v) is 5.61. The molecule has 218 valence electrons. The molecule has 0 spiro atoms. The van der Waals surface area contributed by atoms with Crippen LogP contribution in [0, 0.1) is 0 Å². The Kier molecular flexibility index (Phi) is 11.5. The number of carbonyl (C=O) groups excluding carboxylic acids is 6. The van der Waals surface area contributed by atoms with E-state index in [1.807, 2.05) is 6.07 Å². The predicted molar refractivity (Wildman–Crippen MR) is 149 cm³/mol. The van der Waals surface area contributed by atoms with E-state index in [-0.39, 0.29) is 40.9 Å². The summed E-state index contributed by atoms with van der Waals surface area (Å²) in [7, 11) is 1.26. The number of carboxylic acid groups (broad SMARTS) is 1. The molecule has 13 nitrogen and oxygen atoms in total. The van der Waals surface area contributed by atoms with Gasteiger partial charge >= 0.3 is 41.7 Å². The van der Waals surface area contributed by atoms with Crippen LogP contribution in [-0.4, -0.2) is 76.4 Å². The molecule has 2 aliphatic heterocycles. The van der Waals surface area contributed by atoms with Gasteiger partial charge in [-0.3, -0.25) is 24.2 Å². The molecule has 0 aliphatic carbocycles. The number of ether oxygens (including phenoxy) is 1. The van der Waals surface area contributed by atoms with Gasteiger partial charge in [-0.25, -0.2) is 9.59 Å². The molecular weight excluding hydrogens is 589 g/mol. The number of aliphatic carboxylic acids is 1. The minimum atomic E-state index is -1.65. The fourth-order valence-electron chi connectivity index (χ4n) is 4.29. The van der Waals surface area contributed by atoms with Gasteiger partial charge in [0.05, 0.1) is 11.7 Å². The van der Waals surface area contributed by atoms with Crippen LogP contribution >= 0.6 is 11.8 Å². The number of benzene rings is 2. The number of nitrogens with two attached hydrogens (primary N) is 1. The molecule has 2 aliphatic rings. The molecule has 2 unspecified atom stereocenters. The van der Waals surface area contributed by atoms with Crippen LogP contribution < -0.4 is 51.0 Å². The number of nitrogens with zero attached hydrogens (tertiary/aromatic N) is 2. The Morgan fingerprint density at radius 3 is 2.35 bits per heavy atom. The summed E-state index contributed by atoms with van der Waals surface area (Å²) in [5.74, 6) is -3.70. The zero-order valence-electron chi connectivity index (χ0n) is 23.2. The molecule has 43 heavy (non-hydrogen) atoms. The van der Waals surface area contributed by atoms with Crippen LogP contribution in [0.3, 0.4) is 0 Å². The van der Waals surface area contributed by atoms with E-state index in [0.29, 0.717) is 5.56 Å².